The zero-order valence-electron chi connectivity index (χ0n) is 26.0. The Balaban J connectivity index is 0.00000289. The fourth-order valence-electron chi connectivity index (χ4n) is 12.2. The largest absolute Gasteiger partial charge is 0.391 e. The zero-order valence-corrected chi connectivity index (χ0v) is 27.1. The molecule has 5 aliphatic heterocycles. The van der Waals surface area contributed by atoms with E-state index in [1.165, 1.54) is 77.0 Å². The third kappa shape index (κ3) is 5.14. The van der Waals surface area contributed by atoms with Gasteiger partial charge in [-0.3, -0.25) is 42.5 Å². The molecule has 9 rings (SSSR count). The monoisotopic (exact) mass is 652 g/mol. The van der Waals surface area contributed by atoms with E-state index in [0.717, 1.165) is 12.8 Å². The van der Waals surface area contributed by atoms with Crippen LogP contribution >= 0.6 is 0 Å². The molecule has 0 aromatic rings. The van der Waals surface area contributed by atoms with Crippen molar-refractivity contribution in [3.05, 3.63) is 0 Å². The van der Waals surface area contributed by atoms with Gasteiger partial charge in [0.2, 0.25) is 0 Å². The van der Waals surface area contributed by atoms with Gasteiger partial charge in [0.05, 0.1) is 67.4 Å². The molecular formula is C33H55CoN9O. The van der Waals surface area contributed by atoms with Crippen molar-refractivity contribution in [3.8, 4) is 6.07 Å². The van der Waals surface area contributed by atoms with Crippen LogP contribution in [0.4, 0.5) is 0 Å². The van der Waals surface area contributed by atoms with Crippen molar-refractivity contribution in [1.29, 1.82) is 5.26 Å². The summed E-state index contributed by atoms with van der Waals surface area (Å²) in [4.78, 5) is 0. The summed E-state index contributed by atoms with van der Waals surface area (Å²) in [6, 6.07) is 2.45. The van der Waals surface area contributed by atoms with Gasteiger partial charge in [0.1, 0.15) is 0 Å². The van der Waals surface area contributed by atoms with Gasteiger partial charge in [0, 0.05) is 22.7 Å². The fraction of sp³-hybridized carbons (Fsp3) is 0.970. The first kappa shape index (κ1) is 30.9. The van der Waals surface area contributed by atoms with E-state index in [4.69, 9.17) is 0 Å². The topological polar surface area (TPSA) is 140 Å². The molecule has 9 fully saturated rings. The van der Waals surface area contributed by atoms with Crippen LogP contribution in [0.1, 0.15) is 89.9 Å². The normalized spacial score (nSPS) is 56.4. The van der Waals surface area contributed by atoms with Gasteiger partial charge in [0.15, 0.2) is 0 Å². The average molecular weight is 653 g/mol. The van der Waals surface area contributed by atoms with Crippen molar-refractivity contribution in [1.82, 2.24) is 42.5 Å². The van der Waals surface area contributed by atoms with E-state index in [2.05, 4.69) is 48.6 Å². The second-order valence-electron chi connectivity index (χ2n) is 16.0. The second-order valence-corrected chi connectivity index (χ2v) is 16.0. The van der Waals surface area contributed by atoms with Crippen molar-refractivity contribution >= 4 is 0 Å². The molecule has 0 amide bonds. The molecule has 247 valence electrons. The number of nitrogens with zero attached hydrogens (tertiary/aromatic N) is 1. The molecule has 5 saturated heterocycles. The Labute approximate surface area is 273 Å². The number of nitrogens with one attached hydrogen (secondary N) is 8. The van der Waals surface area contributed by atoms with Crippen molar-refractivity contribution < 1.29 is 21.9 Å². The van der Waals surface area contributed by atoms with Crippen molar-refractivity contribution in [3.63, 3.8) is 0 Å². The SMILES string of the molecule is N#CC1CCC2C3NC4NC(NC5NC(NC6NC(NC(N3)C2C1O)C1CCCCC61)C1CCCCC51)C1CCCCC41.[Co]. The summed E-state index contributed by atoms with van der Waals surface area (Å²) in [5, 5.41) is 54.4. The summed E-state index contributed by atoms with van der Waals surface area (Å²) in [6.07, 6.45) is 18.8. The Morgan fingerprint density at radius 2 is 0.705 bits per heavy atom. The van der Waals surface area contributed by atoms with Crippen LogP contribution in [0, 0.1) is 64.6 Å². The average Bonchev–Trinajstić information content (AvgIpc) is 3.77. The fourth-order valence-corrected chi connectivity index (χ4v) is 12.2. The van der Waals surface area contributed by atoms with Crippen LogP contribution in [-0.4, -0.2) is 60.5 Å². The van der Waals surface area contributed by atoms with Crippen molar-refractivity contribution in [2.75, 3.05) is 0 Å². The van der Waals surface area contributed by atoms with E-state index >= 15 is 0 Å². The van der Waals surface area contributed by atoms with Crippen molar-refractivity contribution in [2.45, 2.75) is 145 Å². The molecule has 10 nitrogen and oxygen atoms in total. The predicted molar refractivity (Wildman–Crippen MR) is 163 cm³/mol. The molecule has 1 radical (unpaired) electrons. The number of aliphatic hydroxyl groups excluding tert-OH is 1. The maximum atomic E-state index is 11.6. The molecule has 9 aliphatic rings. The number of hydrogen-bond donors (Lipinski definition) is 9. The third-order valence-electron chi connectivity index (χ3n) is 14.2. The maximum absolute atomic E-state index is 11.6. The summed E-state index contributed by atoms with van der Waals surface area (Å²) in [5.74, 6) is 3.88. The van der Waals surface area contributed by atoms with Crippen molar-refractivity contribution in [2.24, 2.45) is 53.3 Å². The molecule has 44 heavy (non-hydrogen) atoms. The standard InChI is InChI=1S/C33H55N9O.Co/c34-15-16-13-14-23-24(25(16)43)33-41-31-22-12-6-5-11-21(22)29(39-31)37-27-18-8-2-1-7-17(18)26(35-27)36-28-19-9-3-4-10-20(19)30(38-28)40-32(23)42-33;/h16-33,35-43H,1-14H2;. The third-order valence-corrected chi connectivity index (χ3v) is 14.2. The maximum Gasteiger partial charge on any atom is 0.0757 e. The number of nitriles is 1. The van der Waals surface area contributed by atoms with Crippen LogP contribution in [0.3, 0.4) is 0 Å². The van der Waals surface area contributed by atoms with Crippen LogP contribution in [-0.2, 0) is 16.8 Å². The summed E-state index contributed by atoms with van der Waals surface area (Å²) in [7, 11) is 0. The van der Waals surface area contributed by atoms with E-state index in [1.807, 2.05) is 0 Å². The quantitative estimate of drug-likeness (QED) is 0.188. The van der Waals surface area contributed by atoms with E-state index in [-0.39, 0.29) is 53.3 Å². The molecule has 9 N–H and O–H groups in total. The Morgan fingerprint density at radius 1 is 0.409 bits per heavy atom. The molecule has 11 heteroatoms. The van der Waals surface area contributed by atoms with Gasteiger partial charge in [-0.05, 0) is 92.8 Å². The first-order valence-electron chi connectivity index (χ1n) is 18.3. The second kappa shape index (κ2) is 12.6. The first-order chi connectivity index (χ1) is 21.2. The summed E-state index contributed by atoms with van der Waals surface area (Å²) >= 11 is 0. The molecule has 18 atom stereocenters. The number of hydrogen-bond acceptors (Lipinski definition) is 10. The van der Waals surface area contributed by atoms with Gasteiger partial charge in [-0.15, -0.1) is 0 Å². The van der Waals surface area contributed by atoms with E-state index in [9.17, 15) is 10.4 Å². The van der Waals surface area contributed by atoms with Gasteiger partial charge >= 0.3 is 0 Å². The minimum atomic E-state index is -0.600. The molecule has 8 bridgehead atoms. The molecule has 0 aromatic heterocycles. The minimum Gasteiger partial charge on any atom is -0.391 e. The van der Waals surface area contributed by atoms with E-state index < -0.39 is 6.10 Å². The first-order valence-corrected chi connectivity index (χ1v) is 18.3. The van der Waals surface area contributed by atoms with Gasteiger partial charge in [0.25, 0.3) is 0 Å². The van der Waals surface area contributed by atoms with Gasteiger partial charge in [-0.25, -0.2) is 0 Å². The van der Waals surface area contributed by atoms with Crippen LogP contribution in [0.15, 0.2) is 0 Å². The Kier molecular flexibility index (Phi) is 8.85. The molecule has 4 aliphatic carbocycles. The van der Waals surface area contributed by atoms with Crippen LogP contribution in [0.2, 0.25) is 0 Å². The summed E-state index contributed by atoms with van der Waals surface area (Å²) in [6.45, 7) is 0. The number of aliphatic hydroxyl groups is 1. The van der Waals surface area contributed by atoms with Gasteiger partial charge in [-0.2, -0.15) is 5.26 Å². The zero-order chi connectivity index (χ0) is 28.7. The summed E-state index contributed by atoms with van der Waals surface area (Å²) in [5.41, 5.74) is 0. The number of fused-ring (bicyclic) bond motifs is 20. The molecule has 4 saturated carbocycles. The molecule has 5 heterocycles. The number of rotatable bonds is 0. The minimum absolute atomic E-state index is 0. The summed E-state index contributed by atoms with van der Waals surface area (Å²) < 4.78 is 0. The molecule has 0 aromatic carbocycles. The van der Waals surface area contributed by atoms with Crippen LogP contribution in [0.5, 0.6) is 0 Å². The van der Waals surface area contributed by atoms with Gasteiger partial charge < -0.3 is 5.11 Å². The Bertz CT molecular complexity index is 1080. The van der Waals surface area contributed by atoms with Gasteiger partial charge in [-0.1, -0.05) is 38.5 Å². The molecule has 18 unspecified atom stereocenters. The van der Waals surface area contributed by atoms with E-state index in [1.54, 1.807) is 0 Å². The predicted octanol–water partition coefficient (Wildman–Crippen LogP) is 1.32. The van der Waals surface area contributed by atoms with E-state index in [0.29, 0.717) is 66.1 Å². The Hall–Kier alpha value is -0.364. The smallest absolute Gasteiger partial charge is 0.0757 e. The van der Waals surface area contributed by atoms with Crippen LogP contribution < -0.4 is 42.5 Å². The molecule has 0 spiro atoms. The van der Waals surface area contributed by atoms with Crippen LogP contribution in [0.25, 0.3) is 0 Å². The Morgan fingerprint density at radius 3 is 1.02 bits per heavy atom. The molecular weight excluding hydrogens is 597 g/mol.